The van der Waals surface area contributed by atoms with Crippen molar-refractivity contribution >= 4 is 17.5 Å². The molecular weight excluding hydrogens is 302 g/mol. The Labute approximate surface area is 142 Å². The van der Waals surface area contributed by atoms with Crippen LogP contribution in [0.2, 0.25) is 0 Å². The van der Waals surface area contributed by atoms with Gasteiger partial charge in [0.2, 0.25) is 5.91 Å². The Balaban J connectivity index is 1.82. The third-order valence-corrected chi connectivity index (χ3v) is 3.35. The van der Waals surface area contributed by atoms with Gasteiger partial charge >= 0.3 is 0 Å². The van der Waals surface area contributed by atoms with Crippen molar-refractivity contribution in [1.82, 2.24) is 10.6 Å². The maximum atomic E-state index is 12.1. The number of nitrogens with one attached hydrogen (secondary N) is 3. The van der Waals surface area contributed by atoms with Gasteiger partial charge in [0.15, 0.2) is 0 Å². The van der Waals surface area contributed by atoms with E-state index >= 15 is 0 Å². The van der Waals surface area contributed by atoms with E-state index in [4.69, 9.17) is 0 Å². The van der Waals surface area contributed by atoms with Crippen LogP contribution < -0.4 is 16.0 Å². The number of benzene rings is 2. The van der Waals surface area contributed by atoms with Crippen molar-refractivity contribution in [3.8, 4) is 0 Å². The zero-order valence-electron chi connectivity index (χ0n) is 14.0. The fraction of sp³-hybridized carbons (Fsp3) is 0.263. The predicted octanol–water partition coefficient (Wildman–Crippen LogP) is 2.55. The van der Waals surface area contributed by atoms with Crippen LogP contribution in [0.4, 0.5) is 5.69 Å². The van der Waals surface area contributed by atoms with Crippen molar-refractivity contribution in [3.05, 3.63) is 65.7 Å². The molecule has 0 radical (unpaired) electrons. The summed E-state index contributed by atoms with van der Waals surface area (Å²) in [7, 11) is 0. The van der Waals surface area contributed by atoms with Crippen LogP contribution in [0.1, 0.15) is 29.8 Å². The lowest BCUT2D eigenvalue weighted by Crippen LogP contribution is -2.34. The van der Waals surface area contributed by atoms with Crippen molar-refractivity contribution in [2.45, 2.75) is 26.4 Å². The summed E-state index contributed by atoms with van der Waals surface area (Å²) in [4.78, 5) is 23.7. The SMILES string of the molecule is CC(C)NC(=O)CNc1ccc(C(=O)NCc2ccccc2)cc1. The normalized spacial score (nSPS) is 10.3. The van der Waals surface area contributed by atoms with Gasteiger partial charge < -0.3 is 16.0 Å². The quantitative estimate of drug-likeness (QED) is 0.733. The predicted molar refractivity (Wildman–Crippen MR) is 95.8 cm³/mol. The van der Waals surface area contributed by atoms with E-state index in [1.165, 1.54) is 0 Å². The average Bonchev–Trinajstić information content (AvgIpc) is 2.58. The Bertz CT molecular complexity index is 667. The molecule has 0 saturated carbocycles. The smallest absolute Gasteiger partial charge is 0.251 e. The van der Waals surface area contributed by atoms with Crippen LogP contribution in [0.25, 0.3) is 0 Å². The maximum Gasteiger partial charge on any atom is 0.251 e. The second-order valence-electron chi connectivity index (χ2n) is 5.82. The Kier molecular flexibility index (Phi) is 6.37. The Hall–Kier alpha value is -2.82. The van der Waals surface area contributed by atoms with Crippen LogP contribution in [0.15, 0.2) is 54.6 Å². The van der Waals surface area contributed by atoms with Crippen LogP contribution in [0.3, 0.4) is 0 Å². The van der Waals surface area contributed by atoms with E-state index in [9.17, 15) is 9.59 Å². The van der Waals surface area contributed by atoms with Gasteiger partial charge in [-0.1, -0.05) is 30.3 Å². The summed E-state index contributed by atoms with van der Waals surface area (Å²) in [5.41, 5.74) is 2.44. The van der Waals surface area contributed by atoms with Crippen LogP contribution >= 0.6 is 0 Å². The third-order valence-electron chi connectivity index (χ3n) is 3.35. The lowest BCUT2D eigenvalue weighted by atomic mass is 10.1. The fourth-order valence-corrected chi connectivity index (χ4v) is 2.18. The van der Waals surface area contributed by atoms with Crippen molar-refractivity contribution < 1.29 is 9.59 Å². The number of carbonyl (C=O) groups excluding carboxylic acids is 2. The second kappa shape index (κ2) is 8.72. The molecule has 0 aliphatic carbocycles. The molecule has 0 atom stereocenters. The van der Waals surface area contributed by atoms with Gasteiger partial charge in [-0.15, -0.1) is 0 Å². The molecule has 0 heterocycles. The molecule has 126 valence electrons. The zero-order valence-corrected chi connectivity index (χ0v) is 14.0. The fourth-order valence-electron chi connectivity index (χ4n) is 2.18. The van der Waals surface area contributed by atoms with E-state index in [0.717, 1.165) is 11.3 Å². The highest BCUT2D eigenvalue weighted by Crippen LogP contribution is 2.09. The highest BCUT2D eigenvalue weighted by Gasteiger charge is 2.06. The standard InChI is InChI=1S/C19H23N3O2/c1-14(2)22-18(23)13-20-17-10-8-16(9-11-17)19(24)21-12-15-6-4-3-5-7-15/h3-11,14,20H,12-13H2,1-2H3,(H,21,24)(H,22,23). The van der Waals surface area contributed by atoms with Crippen molar-refractivity contribution in [1.29, 1.82) is 0 Å². The summed E-state index contributed by atoms with van der Waals surface area (Å²) in [6, 6.07) is 16.9. The summed E-state index contributed by atoms with van der Waals surface area (Å²) in [6.45, 7) is 4.54. The molecule has 0 bridgehead atoms. The molecular formula is C19H23N3O2. The average molecular weight is 325 g/mol. The number of rotatable bonds is 7. The molecule has 0 aliphatic rings. The van der Waals surface area contributed by atoms with Gasteiger partial charge in [0.25, 0.3) is 5.91 Å². The van der Waals surface area contributed by atoms with E-state index in [0.29, 0.717) is 12.1 Å². The van der Waals surface area contributed by atoms with E-state index in [-0.39, 0.29) is 24.4 Å². The summed E-state index contributed by atoms with van der Waals surface area (Å²) in [5.74, 6) is -0.183. The first-order chi connectivity index (χ1) is 11.5. The monoisotopic (exact) mass is 325 g/mol. The molecule has 0 aliphatic heterocycles. The van der Waals surface area contributed by atoms with Crippen molar-refractivity contribution in [2.24, 2.45) is 0 Å². The lowest BCUT2D eigenvalue weighted by molar-refractivity contribution is -0.119. The zero-order chi connectivity index (χ0) is 17.4. The van der Waals surface area contributed by atoms with Gasteiger partial charge in [-0.3, -0.25) is 9.59 Å². The van der Waals surface area contributed by atoms with Crippen molar-refractivity contribution in [3.63, 3.8) is 0 Å². The van der Waals surface area contributed by atoms with Crippen LogP contribution in [0, 0.1) is 0 Å². The van der Waals surface area contributed by atoms with Crippen LogP contribution in [-0.2, 0) is 11.3 Å². The number of hydrogen-bond acceptors (Lipinski definition) is 3. The second-order valence-corrected chi connectivity index (χ2v) is 5.82. The van der Waals surface area contributed by atoms with E-state index in [1.54, 1.807) is 24.3 Å². The Morgan fingerprint density at radius 2 is 1.62 bits per heavy atom. The molecule has 2 rings (SSSR count). The summed E-state index contributed by atoms with van der Waals surface area (Å²) < 4.78 is 0. The molecule has 0 aromatic heterocycles. The highest BCUT2D eigenvalue weighted by molar-refractivity contribution is 5.94. The molecule has 2 aromatic carbocycles. The molecule has 3 N–H and O–H groups in total. The number of anilines is 1. The first-order valence-electron chi connectivity index (χ1n) is 8.00. The molecule has 2 amide bonds. The van der Waals surface area contributed by atoms with E-state index in [2.05, 4.69) is 16.0 Å². The highest BCUT2D eigenvalue weighted by atomic mass is 16.2. The maximum absolute atomic E-state index is 12.1. The molecule has 0 saturated heterocycles. The van der Waals surface area contributed by atoms with Gasteiger partial charge in [-0.2, -0.15) is 0 Å². The molecule has 5 heteroatoms. The minimum atomic E-state index is -0.122. The van der Waals surface area contributed by atoms with Gasteiger partial charge in [-0.05, 0) is 43.7 Å². The largest absolute Gasteiger partial charge is 0.376 e. The van der Waals surface area contributed by atoms with Crippen LogP contribution in [0.5, 0.6) is 0 Å². The lowest BCUT2D eigenvalue weighted by Gasteiger charge is -2.10. The Morgan fingerprint density at radius 1 is 0.958 bits per heavy atom. The minimum Gasteiger partial charge on any atom is -0.376 e. The number of carbonyl (C=O) groups is 2. The first-order valence-corrected chi connectivity index (χ1v) is 8.00. The van der Waals surface area contributed by atoms with E-state index in [1.807, 2.05) is 44.2 Å². The van der Waals surface area contributed by atoms with Gasteiger partial charge in [0, 0.05) is 23.8 Å². The van der Waals surface area contributed by atoms with Crippen molar-refractivity contribution in [2.75, 3.05) is 11.9 Å². The minimum absolute atomic E-state index is 0.0605. The molecule has 0 unspecified atom stereocenters. The number of hydrogen-bond donors (Lipinski definition) is 3. The molecule has 2 aromatic rings. The summed E-state index contributed by atoms with van der Waals surface area (Å²) in [6.07, 6.45) is 0. The Morgan fingerprint density at radius 3 is 2.25 bits per heavy atom. The molecule has 0 spiro atoms. The number of amides is 2. The molecule has 24 heavy (non-hydrogen) atoms. The van der Waals surface area contributed by atoms with E-state index < -0.39 is 0 Å². The topological polar surface area (TPSA) is 70.2 Å². The molecule has 5 nitrogen and oxygen atoms in total. The van der Waals surface area contributed by atoms with Gasteiger partial charge in [0.1, 0.15) is 0 Å². The van der Waals surface area contributed by atoms with Gasteiger partial charge in [0.05, 0.1) is 6.54 Å². The first kappa shape index (κ1) is 17.5. The summed E-state index contributed by atoms with van der Waals surface area (Å²) >= 11 is 0. The van der Waals surface area contributed by atoms with Crippen LogP contribution in [-0.4, -0.2) is 24.4 Å². The molecule has 0 fully saturated rings. The summed E-state index contributed by atoms with van der Waals surface area (Å²) in [5, 5.41) is 8.72. The third kappa shape index (κ3) is 5.76. The van der Waals surface area contributed by atoms with Gasteiger partial charge in [-0.25, -0.2) is 0 Å².